The van der Waals surface area contributed by atoms with Crippen molar-refractivity contribution < 1.29 is 38.5 Å². The summed E-state index contributed by atoms with van der Waals surface area (Å²) < 4.78 is 16.3. The van der Waals surface area contributed by atoms with Crippen molar-refractivity contribution in [2.45, 2.75) is 70.7 Å². The molecule has 0 bridgehead atoms. The fraction of sp³-hybridized carbons (Fsp3) is 0.556. The first-order chi connectivity index (χ1) is 22.3. The second kappa shape index (κ2) is 13.6. The molecule has 11 heteroatoms. The molecule has 2 aromatic rings. The quantitative estimate of drug-likeness (QED) is 0.464. The van der Waals surface area contributed by atoms with Crippen LogP contribution in [0.2, 0.25) is 0 Å². The van der Waals surface area contributed by atoms with Gasteiger partial charge in [0.2, 0.25) is 11.8 Å². The first-order valence-electron chi connectivity index (χ1n) is 16.4. The zero-order valence-corrected chi connectivity index (χ0v) is 27.9. The van der Waals surface area contributed by atoms with Crippen molar-refractivity contribution in [1.29, 1.82) is 0 Å². The summed E-state index contributed by atoms with van der Waals surface area (Å²) in [4.78, 5) is 53.5. The van der Waals surface area contributed by atoms with E-state index in [2.05, 4.69) is 5.32 Å². The molecule has 0 aliphatic carbocycles. The van der Waals surface area contributed by atoms with E-state index in [4.69, 9.17) is 14.2 Å². The topological polar surface area (TPSA) is 135 Å². The van der Waals surface area contributed by atoms with Crippen LogP contribution in [-0.2, 0) is 28.6 Å². The zero-order chi connectivity index (χ0) is 34.0. The van der Waals surface area contributed by atoms with Crippen LogP contribution >= 0.6 is 0 Å². The summed E-state index contributed by atoms with van der Waals surface area (Å²) >= 11 is 0. The van der Waals surface area contributed by atoms with Gasteiger partial charge in [0.25, 0.3) is 0 Å². The molecule has 4 heterocycles. The Morgan fingerprint density at radius 1 is 0.830 bits per heavy atom. The highest BCUT2D eigenvalue weighted by Crippen LogP contribution is 2.46. The lowest BCUT2D eigenvalue weighted by Gasteiger charge is -2.38. The fourth-order valence-corrected chi connectivity index (χ4v) is 7.23. The summed E-state index contributed by atoms with van der Waals surface area (Å²) in [7, 11) is 0. The third kappa shape index (κ3) is 7.01. The maximum absolute atomic E-state index is 13.1. The minimum Gasteiger partial charge on any atom is -0.481 e. The number of hydrogen-bond acceptors (Lipinski definition) is 7. The van der Waals surface area contributed by atoms with Crippen LogP contribution in [0, 0.1) is 17.3 Å². The maximum atomic E-state index is 13.1. The van der Waals surface area contributed by atoms with Gasteiger partial charge in [-0.3, -0.25) is 14.4 Å². The van der Waals surface area contributed by atoms with Gasteiger partial charge in [0.05, 0.1) is 42.7 Å². The number of carbonyl (C=O) groups excluding carboxylic acids is 3. The Balaban J connectivity index is 0.000000189. The number of benzene rings is 2. The number of amides is 3. The molecule has 2 aromatic carbocycles. The van der Waals surface area contributed by atoms with Crippen LogP contribution in [0.15, 0.2) is 60.7 Å². The molecule has 6 atom stereocenters. The third-order valence-corrected chi connectivity index (χ3v) is 10.0. The predicted octanol–water partition coefficient (Wildman–Crippen LogP) is 4.59. The lowest BCUT2D eigenvalue weighted by Crippen LogP contribution is -2.59. The Kier molecular flexibility index (Phi) is 9.98. The van der Waals surface area contributed by atoms with Crippen LogP contribution in [0.4, 0.5) is 4.79 Å². The molecule has 11 nitrogen and oxygen atoms in total. The lowest BCUT2D eigenvalue weighted by atomic mass is 9.74. The lowest BCUT2D eigenvalue weighted by molar-refractivity contribution is -0.160. The summed E-state index contributed by atoms with van der Waals surface area (Å²) in [5, 5.41) is 12.7. The molecule has 2 N–H and O–H groups in total. The van der Waals surface area contributed by atoms with Gasteiger partial charge in [-0.05, 0) is 58.6 Å². The Hall–Kier alpha value is -3.96. The molecule has 6 rings (SSSR count). The molecule has 4 aliphatic heterocycles. The minimum absolute atomic E-state index is 0.0251. The van der Waals surface area contributed by atoms with Crippen molar-refractivity contribution in [2.24, 2.45) is 17.3 Å². The minimum atomic E-state index is -0.988. The predicted molar refractivity (Wildman–Crippen MR) is 173 cm³/mol. The van der Waals surface area contributed by atoms with E-state index in [-0.39, 0.29) is 43.0 Å². The number of alkyl carbamates (subject to hydrolysis) is 1. The van der Waals surface area contributed by atoms with Crippen LogP contribution in [0.5, 0.6) is 0 Å². The van der Waals surface area contributed by atoms with Crippen molar-refractivity contribution >= 4 is 23.9 Å². The number of likely N-dealkylation sites (tertiary alicyclic amines) is 2. The second-order valence-electron chi connectivity index (χ2n) is 14.1. The van der Waals surface area contributed by atoms with Gasteiger partial charge in [0.15, 0.2) is 0 Å². The van der Waals surface area contributed by atoms with E-state index in [1.54, 1.807) is 4.90 Å². The Morgan fingerprint density at radius 2 is 1.32 bits per heavy atom. The second-order valence-corrected chi connectivity index (χ2v) is 14.1. The third-order valence-electron chi connectivity index (χ3n) is 10.0. The zero-order valence-electron chi connectivity index (χ0n) is 27.9. The molecular formula is C36H47N3O8. The van der Waals surface area contributed by atoms with E-state index in [1.165, 1.54) is 0 Å². The number of carboxylic acids is 1. The molecule has 0 spiro atoms. The summed E-state index contributed by atoms with van der Waals surface area (Å²) in [6, 6.07) is 19.4. The number of nitrogens with zero attached hydrogens (tertiary/aromatic N) is 2. The number of carboxylic acid groups (broad SMARTS) is 1. The van der Waals surface area contributed by atoms with Crippen molar-refractivity contribution in [2.75, 3.05) is 39.5 Å². The summed E-state index contributed by atoms with van der Waals surface area (Å²) in [6.45, 7) is 11.7. The highest BCUT2D eigenvalue weighted by molar-refractivity contribution is 5.92. The van der Waals surface area contributed by atoms with Crippen molar-refractivity contribution in [3.8, 4) is 0 Å². The van der Waals surface area contributed by atoms with Crippen LogP contribution in [0.3, 0.4) is 0 Å². The molecule has 0 radical (unpaired) electrons. The molecule has 0 saturated carbocycles. The Labute approximate surface area is 276 Å². The molecule has 0 aromatic heterocycles. The van der Waals surface area contributed by atoms with Gasteiger partial charge in [0, 0.05) is 26.3 Å². The number of aliphatic carboxylic acids is 1. The average molecular weight is 650 g/mol. The smallest absolute Gasteiger partial charge is 0.408 e. The molecule has 4 saturated heterocycles. The largest absolute Gasteiger partial charge is 0.481 e. The van der Waals surface area contributed by atoms with Crippen molar-refractivity contribution in [1.82, 2.24) is 15.1 Å². The number of fused-ring (bicyclic) bond motifs is 2. The number of rotatable bonds is 6. The standard InChI is InChI=1S/C20H28N2O4.C16H19NO4/c1-14(15-8-6-5-7-9-15)22-13-20(21-18(24)26-19(2,3)4)10-11-25-12-16(20)17(22)23;1-11(12-5-3-2-4-6-12)17-10-16(15(19)20)7-8-21-9-13(16)14(17)18/h5-9,14,16H,10-13H2,1-4H3,(H,21,24);2-6,11,13H,7-10H2,1H3,(H,19,20)/t14-,16-,20-;11-,13-,16-/m11/s1. The highest BCUT2D eigenvalue weighted by atomic mass is 16.6. The fourth-order valence-electron chi connectivity index (χ4n) is 7.23. The van der Waals surface area contributed by atoms with E-state index in [0.29, 0.717) is 39.2 Å². The monoisotopic (exact) mass is 649 g/mol. The summed E-state index contributed by atoms with van der Waals surface area (Å²) in [5.74, 6) is -1.90. The number of nitrogens with one attached hydrogen (secondary N) is 1. The normalized spacial score (nSPS) is 28.4. The number of carbonyl (C=O) groups is 4. The first kappa shape index (κ1) is 34.4. The van der Waals surface area contributed by atoms with Crippen LogP contribution < -0.4 is 5.32 Å². The Bertz CT molecular complexity index is 1450. The highest BCUT2D eigenvalue weighted by Gasteiger charge is 2.59. The van der Waals surface area contributed by atoms with E-state index in [1.807, 2.05) is 100 Å². The summed E-state index contributed by atoms with van der Waals surface area (Å²) in [6.07, 6.45) is 0.517. The van der Waals surface area contributed by atoms with Gasteiger partial charge < -0.3 is 34.4 Å². The van der Waals surface area contributed by atoms with E-state index in [9.17, 15) is 24.3 Å². The molecular weight excluding hydrogens is 602 g/mol. The SMILES string of the molecule is C[C@H](c1ccccc1)N1C[C@]2(C(=O)O)CCOC[C@@H]2C1=O.C[C@H](c1ccccc1)N1C[C@]2(NC(=O)OC(C)(C)C)CCOC[C@@H]2C1=O. The first-order valence-corrected chi connectivity index (χ1v) is 16.4. The van der Waals surface area contributed by atoms with Gasteiger partial charge in [0.1, 0.15) is 11.0 Å². The molecule has 4 fully saturated rings. The number of hydrogen-bond donors (Lipinski definition) is 2. The van der Waals surface area contributed by atoms with Crippen molar-refractivity contribution in [3.63, 3.8) is 0 Å². The van der Waals surface area contributed by atoms with Crippen LogP contribution in [0.1, 0.15) is 70.7 Å². The van der Waals surface area contributed by atoms with E-state index < -0.39 is 34.5 Å². The molecule has 4 aliphatic rings. The Morgan fingerprint density at radius 3 is 1.83 bits per heavy atom. The maximum Gasteiger partial charge on any atom is 0.408 e. The molecule has 254 valence electrons. The van der Waals surface area contributed by atoms with Gasteiger partial charge in [-0.25, -0.2) is 4.79 Å². The summed E-state index contributed by atoms with van der Waals surface area (Å²) in [5.41, 5.74) is -0.112. The van der Waals surface area contributed by atoms with Gasteiger partial charge >= 0.3 is 12.1 Å². The van der Waals surface area contributed by atoms with Crippen LogP contribution in [0.25, 0.3) is 0 Å². The van der Waals surface area contributed by atoms with Crippen LogP contribution in [-0.4, -0.2) is 89.4 Å². The van der Waals surface area contributed by atoms with Gasteiger partial charge in [-0.15, -0.1) is 0 Å². The number of ether oxygens (including phenoxy) is 3. The van der Waals surface area contributed by atoms with E-state index in [0.717, 1.165) is 11.1 Å². The molecule has 0 unspecified atom stereocenters. The molecule has 47 heavy (non-hydrogen) atoms. The van der Waals surface area contributed by atoms with Gasteiger partial charge in [-0.1, -0.05) is 60.7 Å². The average Bonchev–Trinajstić information content (AvgIpc) is 3.52. The molecule has 3 amide bonds. The van der Waals surface area contributed by atoms with Crippen molar-refractivity contribution in [3.05, 3.63) is 71.8 Å². The van der Waals surface area contributed by atoms with Gasteiger partial charge in [-0.2, -0.15) is 0 Å². The van der Waals surface area contributed by atoms with E-state index >= 15 is 0 Å².